The van der Waals surface area contributed by atoms with Crippen LogP contribution >= 0.6 is 0 Å². The topological polar surface area (TPSA) is 78.9 Å². The fourth-order valence-electron chi connectivity index (χ4n) is 5.54. The second kappa shape index (κ2) is 40.1. The molecule has 0 rings (SSSR count). The Morgan fingerprint density at radius 2 is 0.706 bits per heavy atom. The summed E-state index contributed by atoms with van der Waals surface area (Å²) in [7, 11) is 0. The number of esters is 3. The summed E-state index contributed by atoms with van der Waals surface area (Å²) < 4.78 is 16.6. The van der Waals surface area contributed by atoms with Gasteiger partial charge >= 0.3 is 17.9 Å². The molecule has 294 valence electrons. The van der Waals surface area contributed by atoms with Crippen molar-refractivity contribution in [2.45, 2.75) is 207 Å². The standard InChI is InChI=1S/C45H78O6/c1-4-7-10-13-16-19-22-23-24-27-29-32-35-38-44(47)50-41-42(51-45(48)39-36-33-30-26-21-18-15-12-9-6-3)40-49-43(46)37-34-31-28-25-20-17-14-11-8-5-2/h10-15,19,22,42H,4-9,16-18,20-21,23-41H2,1-3H3/b13-10-,14-11-,15-12-,22-19-. The minimum atomic E-state index is -0.781. The molecule has 0 saturated carbocycles. The second-order valence-corrected chi connectivity index (χ2v) is 13.9. The molecule has 51 heavy (non-hydrogen) atoms. The molecule has 0 amide bonds. The molecule has 0 heterocycles. The van der Waals surface area contributed by atoms with Gasteiger partial charge in [-0.3, -0.25) is 14.4 Å². The Kier molecular flexibility index (Phi) is 38.1. The highest BCUT2D eigenvalue weighted by Gasteiger charge is 2.19. The maximum absolute atomic E-state index is 12.6. The summed E-state index contributed by atoms with van der Waals surface area (Å²) in [4.78, 5) is 37.5. The minimum Gasteiger partial charge on any atom is -0.462 e. The van der Waals surface area contributed by atoms with Crippen molar-refractivity contribution >= 4 is 17.9 Å². The lowest BCUT2D eigenvalue weighted by atomic mass is 10.1. The van der Waals surface area contributed by atoms with Gasteiger partial charge in [-0.05, 0) is 83.5 Å². The van der Waals surface area contributed by atoms with E-state index in [4.69, 9.17) is 14.2 Å². The van der Waals surface area contributed by atoms with E-state index in [1.807, 2.05) is 0 Å². The lowest BCUT2D eigenvalue weighted by Crippen LogP contribution is -2.30. The summed E-state index contributed by atoms with van der Waals surface area (Å²) in [6.07, 6.45) is 45.2. The Hall–Kier alpha value is -2.63. The number of hydrogen-bond acceptors (Lipinski definition) is 6. The van der Waals surface area contributed by atoms with Crippen LogP contribution in [0.1, 0.15) is 201 Å². The smallest absolute Gasteiger partial charge is 0.306 e. The van der Waals surface area contributed by atoms with Crippen LogP contribution < -0.4 is 0 Å². The van der Waals surface area contributed by atoms with Crippen LogP contribution in [0.15, 0.2) is 48.6 Å². The Labute approximate surface area is 314 Å². The highest BCUT2D eigenvalue weighted by atomic mass is 16.6. The van der Waals surface area contributed by atoms with Crippen molar-refractivity contribution in [1.29, 1.82) is 0 Å². The number of allylic oxidation sites excluding steroid dienone is 8. The predicted molar refractivity (Wildman–Crippen MR) is 215 cm³/mol. The van der Waals surface area contributed by atoms with Gasteiger partial charge in [-0.1, -0.05) is 146 Å². The van der Waals surface area contributed by atoms with E-state index < -0.39 is 6.10 Å². The van der Waals surface area contributed by atoms with E-state index in [-0.39, 0.29) is 31.1 Å². The van der Waals surface area contributed by atoms with Crippen LogP contribution in [0, 0.1) is 0 Å². The van der Waals surface area contributed by atoms with Gasteiger partial charge in [-0.15, -0.1) is 0 Å². The molecule has 0 spiro atoms. The van der Waals surface area contributed by atoms with Gasteiger partial charge in [-0.2, -0.15) is 0 Å². The molecule has 0 saturated heterocycles. The molecule has 6 nitrogen and oxygen atoms in total. The molecular weight excluding hydrogens is 636 g/mol. The Morgan fingerprint density at radius 1 is 0.392 bits per heavy atom. The second-order valence-electron chi connectivity index (χ2n) is 13.9. The molecule has 6 heteroatoms. The van der Waals surface area contributed by atoms with Gasteiger partial charge < -0.3 is 14.2 Å². The van der Waals surface area contributed by atoms with Crippen molar-refractivity contribution in [3.8, 4) is 0 Å². The molecule has 0 aliphatic heterocycles. The van der Waals surface area contributed by atoms with Gasteiger partial charge in [-0.25, -0.2) is 0 Å². The van der Waals surface area contributed by atoms with Crippen molar-refractivity contribution in [1.82, 2.24) is 0 Å². The Balaban J connectivity index is 4.41. The zero-order valence-electron chi connectivity index (χ0n) is 33.4. The average Bonchev–Trinajstić information content (AvgIpc) is 3.12. The molecule has 1 unspecified atom stereocenters. The van der Waals surface area contributed by atoms with Crippen LogP contribution in [0.4, 0.5) is 0 Å². The first-order chi connectivity index (χ1) is 25.0. The molecule has 0 radical (unpaired) electrons. The summed E-state index contributed by atoms with van der Waals surface area (Å²) in [5.74, 6) is -0.928. The predicted octanol–water partition coefficient (Wildman–Crippen LogP) is 13.2. The third-order valence-corrected chi connectivity index (χ3v) is 8.72. The van der Waals surface area contributed by atoms with E-state index in [9.17, 15) is 14.4 Å². The quantitative estimate of drug-likeness (QED) is 0.0276. The van der Waals surface area contributed by atoms with E-state index in [0.29, 0.717) is 19.3 Å². The SMILES string of the molecule is CCC/C=C\C/C=C\CCCCCCCC(=O)OCC(COC(=O)CCCCCCC/C=C\CCC)OC(=O)CCCCCCC/C=C\CCC. The molecule has 0 bridgehead atoms. The fraction of sp³-hybridized carbons (Fsp3) is 0.756. The van der Waals surface area contributed by atoms with Crippen LogP contribution in [-0.2, 0) is 28.6 Å². The van der Waals surface area contributed by atoms with Gasteiger partial charge in [0, 0.05) is 19.3 Å². The van der Waals surface area contributed by atoms with E-state index in [2.05, 4.69) is 69.4 Å². The number of ether oxygens (including phenoxy) is 3. The number of carbonyl (C=O) groups excluding carboxylic acids is 3. The zero-order chi connectivity index (χ0) is 37.3. The molecule has 0 aromatic rings. The maximum atomic E-state index is 12.6. The van der Waals surface area contributed by atoms with Gasteiger partial charge in [0.25, 0.3) is 0 Å². The van der Waals surface area contributed by atoms with E-state index in [1.165, 1.54) is 44.9 Å². The first-order valence-corrected chi connectivity index (χ1v) is 21.1. The molecule has 0 aromatic carbocycles. The van der Waals surface area contributed by atoms with Crippen LogP contribution in [0.5, 0.6) is 0 Å². The monoisotopic (exact) mass is 715 g/mol. The zero-order valence-corrected chi connectivity index (χ0v) is 33.4. The van der Waals surface area contributed by atoms with Crippen molar-refractivity contribution in [2.75, 3.05) is 13.2 Å². The molecule has 0 aliphatic carbocycles. The molecule has 0 fully saturated rings. The van der Waals surface area contributed by atoms with Crippen molar-refractivity contribution < 1.29 is 28.6 Å². The van der Waals surface area contributed by atoms with Crippen molar-refractivity contribution in [3.05, 3.63) is 48.6 Å². The normalized spacial score (nSPS) is 12.5. The lowest BCUT2D eigenvalue weighted by molar-refractivity contribution is -0.167. The third kappa shape index (κ3) is 38.4. The largest absolute Gasteiger partial charge is 0.462 e. The summed E-state index contributed by atoms with van der Waals surface area (Å²) in [6.45, 7) is 6.40. The van der Waals surface area contributed by atoms with Crippen molar-refractivity contribution in [2.24, 2.45) is 0 Å². The molecule has 0 N–H and O–H groups in total. The Bertz CT molecular complexity index is 918. The van der Waals surface area contributed by atoms with Gasteiger partial charge in [0.1, 0.15) is 13.2 Å². The molecule has 0 aromatic heterocycles. The van der Waals surface area contributed by atoms with Crippen LogP contribution in [0.25, 0.3) is 0 Å². The van der Waals surface area contributed by atoms with E-state index in [0.717, 1.165) is 116 Å². The summed E-state index contributed by atoms with van der Waals surface area (Å²) in [5.41, 5.74) is 0. The number of rotatable bonds is 37. The molecule has 1 atom stereocenters. The van der Waals surface area contributed by atoms with Crippen LogP contribution in [0.2, 0.25) is 0 Å². The van der Waals surface area contributed by atoms with Crippen molar-refractivity contribution in [3.63, 3.8) is 0 Å². The van der Waals surface area contributed by atoms with Crippen LogP contribution in [0.3, 0.4) is 0 Å². The number of carbonyl (C=O) groups is 3. The summed E-state index contributed by atoms with van der Waals surface area (Å²) in [6, 6.07) is 0. The number of unbranched alkanes of at least 4 members (excludes halogenated alkanes) is 18. The van der Waals surface area contributed by atoms with Crippen LogP contribution in [-0.4, -0.2) is 37.2 Å². The highest BCUT2D eigenvalue weighted by Crippen LogP contribution is 2.13. The minimum absolute atomic E-state index is 0.0863. The number of hydrogen-bond donors (Lipinski definition) is 0. The lowest BCUT2D eigenvalue weighted by Gasteiger charge is -2.18. The van der Waals surface area contributed by atoms with Gasteiger partial charge in [0.15, 0.2) is 6.10 Å². The first kappa shape index (κ1) is 48.4. The van der Waals surface area contributed by atoms with E-state index in [1.54, 1.807) is 0 Å². The first-order valence-electron chi connectivity index (χ1n) is 21.1. The summed E-state index contributed by atoms with van der Waals surface area (Å²) in [5, 5.41) is 0. The average molecular weight is 715 g/mol. The highest BCUT2D eigenvalue weighted by molar-refractivity contribution is 5.71. The summed E-state index contributed by atoms with van der Waals surface area (Å²) >= 11 is 0. The molecular formula is C45H78O6. The maximum Gasteiger partial charge on any atom is 0.306 e. The van der Waals surface area contributed by atoms with Gasteiger partial charge in [0.2, 0.25) is 0 Å². The Morgan fingerprint density at radius 3 is 1.12 bits per heavy atom. The van der Waals surface area contributed by atoms with Gasteiger partial charge in [0.05, 0.1) is 0 Å². The molecule has 0 aliphatic rings. The van der Waals surface area contributed by atoms with E-state index >= 15 is 0 Å². The fourth-order valence-corrected chi connectivity index (χ4v) is 5.54. The third-order valence-electron chi connectivity index (χ3n) is 8.72.